The molecule has 1 heterocycles. The third-order valence-electron chi connectivity index (χ3n) is 2.43. The Hall–Kier alpha value is -3.22. The lowest BCUT2D eigenvalue weighted by atomic mass is 10.2. The molecule has 2 rings (SSSR count). The molecule has 5 nitrogen and oxygen atoms in total. The molecule has 0 aliphatic heterocycles. The summed E-state index contributed by atoms with van der Waals surface area (Å²) in [4.78, 5) is 12.1. The van der Waals surface area contributed by atoms with Gasteiger partial charge in [-0.05, 0) is 24.3 Å². The largest absolute Gasteiger partial charge is 0.487 e. The number of pyridine rings is 1. The summed E-state index contributed by atoms with van der Waals surface area (Å²) in [6.07, 6.45) is 3.26. The quantitative estimate of drug-likeness (QED) is 0.618. The predicted octanol–water partition coefficient (Wildman–Crippen LogP) is 3.66. The van der Waals surface area contributed by atoms with Gasteiger partial charge in [-0.2, -0.15) is 15.2 Å². The normalized spacial score (nSPS) is 9.10. The first kappa shape index (κ1) is 14.2. The Bertz CT molecular complexity index is 726. The summed E-state index contributed by atoms with van der Waals surface area (Å²) in [5.41, 5.74) is 1.03. The van der Waals surface area contributed by atoms with Gasteiger partial charge < -0.3 is 4.74 Å². The minimum atomic E-state index is 0.328. The maximum Gasteiger partial charge on any atom is 0.163 e. The first-order valence-corrected chi connectivity index (χ1v) is 6.19. The van der Waals surface area contributed by atoms with Crippen molar-refractivity contribution in [2.45, 2.75) is 0 Å². The zero-order valence-corrected chi connectivity index (χ0v) is 11.2. The van der Waals surface area contributed by atoms with Crippen LogP contribution in [0.5, 0.6) is 5.75 Å². The molecule has 0 amide bonds. The highest BCUT2D eigenvalue weighted by Crippen LogP contribution is 2.28. The summed E-state index contributed by atoms with van der Waals surface area (Å²) in [5, 5.41) is 8.90. The lowest BCUT2D eigenvalue weighted by molar-refractivity contribution is 0.364. The Labute approximate surface area is 122 Å². The summed E-state index contributed by atoms with van der Waals surface area (Å²) >= 11 is 0. The first-order chi connectivity index (χ1) is 10.3. The third kappa shape index (κ3) is 4.13. The van der Waals surface area contributed by atoms with Crippen LogP contribution in [0.1, 0.15) is 5.56 Å². The Morgan fingerprint density at radius 1 is 1.29 bits per heavy atom. The highest BCUT2D eigenvalue weighted by Gasteiger charge is 2.03. The molecule has 0 fully saturated rings. The standard InChI is InChI=1S/C16H12N4O/c1-2-9-21-15-10-13(11-17)6-7-14(15)19-12-20-16-5-3-4-8-18-16/h2-8,10H,1,9H2. The number of nitriles is 1. The molecule has 0 saturated carbocycles. The molecule has 2 aromatic rings. The molecule has 5 heteroatoms. The van der Waals surface area contributed by atoms with E-state index in [1.165, 1.54) is 0 Å². The zero-order valence-electron chi connectivity index (χ0n) is 11.2. The number of nitrogens with zero attached hydrogens (tertiary/aromatic N) is 4. The van der Waals surface area contributed by atoms with Gasteiger partial charge in [0.25, 0.3) is 0 Å². The van der Waals surface area contributed by atoms with E-state index in [9.17, 15) is 0 Å². The number of rotatable bonds is 5. The van der Waals surface area contributed by atoms with Crippen molar-refractivity contribution in [3.63, 3.8) is 0 Å². The van der Waals surface area contributed by atoms with Gasteiger partial charge in [0.05, 0.1) is 11.6 Å². The summed E-state index contributed by atoms with van der Waals surface area (Å²) in [6.45, 7) is 3.91. The van der Waals surface area contributed by atoms with Crippen molar-refractivity contribution < 1.29 is 4.74 Å². The van der Waals surface area contributed by atoms with E-state index in [4.69, 9.17) is 10.00 Å². The van der Waals surface area contributed by atoms with E-state index < -0.39 is 0 Å². The molecule has 0 N–H and O–H groups in total. The van der Waals surface area contributed by atoms with Gasteiger partial charge in [-0.3, -0.25) is 0 Å². The second-order valence-corrected chi connectivity index (χ2v) is 3.91. The van der Waals surface area contributed by atoms with E-state index >= 15 is 0 Å². The van der Waals surface area contributed by atoms with Crippen molar-refractivity contribution in [2.75, 3.05) is 6.61 Å². The van der Waals surface area contributed by atoms with Crippen LogP contribution in [-0.4, -0.2) is 17.6 Å². The van der Waals surface area contributed by atoms with E-state index in [1.807, 2.05) is 6.07 Å². The molecule has 0 unspecified atom stereocenters. The van der Waals surface area contributed by atoms with Crippen LogP contribution in [0.25, 0.3) is 0 Å². The lowest BCUT2D eigenvalue weighted by Gasteiger charge is -2.05. The number of hydrogen-bond acceptors (Lipinski definition) is 5. The van der Waals surface area contributed by atoms with E-state index in [0.29, 0.717) is 29.4 Å². The minimum absolute atomic E-state index is 0.328. The predicted molar refractivity (Wildman–Crippen MR) is 80.3 cm³/mol. The number of aliphatic imine (C=N–C) groups is 2. The molecule has 0 saturated heterocycles. The van der Waals surface area contributed by atoms with Crippen LogP contribution < -0.4 is 4.74 Å². The van der Waals surface area contributed by atoms with E-state index in [2.05, 4.69) is 33.6 Å². The molecular weight excluding hydrogens is 264 g/mol. The van der Waals surface area contributed by atoms with E-state index in [1.54, 1.807) is 42.6 Å². The second kappa shape index (κ2) is 7.39. The Balaban J connectivity index is 2.28. The topological polar surface area (TPSA) is 70.6 Å². The van der Waals surface area contributed by atoms with Crippen molar-refractivity contribution in [1.82, 2.24) is 4.98 Å². The third-order valence-corrected chi connectivity index (χ3v) is 2.43. The second-order valence-electron chi connectivity index (χ2n) is 3.91. The summed E-state index contributed by atoms with van der Waals surface area (Å²) in [6, 6.07) is 14.9. The molecule has 1 aromatic heterocycles. The van der Waals surface area contributed by atoms with Crippen LogP contribution in [0, 0.1) is 11.3 Å². The summed E-state index contributed by atoms with van der Waals surface area (Å²) in [5.74, 6) is 1.00. The van der Waals surface area contributed by atoms with Crippen LogP contribution in [-0.2, 0) is 0 Å². The zero-order chi connectivity index (χ0) is 14.9. The molecule has 0 bridgehead atoms. The van der Waals surface area contributed by atoms with Crippen molar-refractivity contribution in [2.24, 2.45) is 9.98 Å². The van der Waals surface area contributed by atoms with Gasteiger partial charge in [-0.1, -0.05) is 18.7 Å². The molecule has 102 valence electrons. The number of aromatic nitrogens is 1. The molecular formula is C16H12N4O. The van der Waals surface area contributed by atoms with Crippen LogP contribution >= 0.6 is 0 Å². The number of hydrogen-bond donors (Lipinski definition) is 0. The maximum absolute atomic E-state index is 8.90. The molecule has 21 heavy (non-hydrogen) atoms. The molecule has 0 atom stereocenters. The minimum Gasteiger partial charge on any atom is -0.487 e. The van der Waals surface area contributed by atoms with Crippen LogP contribution in [0.4, 0.5) is 11.5 Å². The van der Waals surface area contributed by atoms with Gasteiger partial charge >= 0.3 is 0 Å². The molecule has 0 aliphatic rings. The molecule has 0 aliphatic carbocycles. The van der Waals surface area contributed by atoms with Crippen molar-refractivity contribution in [3.05, 3.63) is 60.8 Å². The molecule has 0 radical (unpaired) electrons. The van der Waals surface area contributed by atoms with E-state index in [-0.39, 0.29) is 0 Å². The average Bonchev–Trinajstić information content (AvgIpc) is 2.54. The Kier molecular flexibility index (Phi) is 4.99. The van der Waals surface area contributed by atoms with Crippen LogP contribution in [0.15, 0.2) is 65.2 Å². The van der Waals surface area contributed by atoms with Crippen molar-refractivity contribution in [3.8, 4) is 11.8 Å². The van der Waals surface area contributed by atoms with Gasteiger partial charge in [0.2, 0.25) is 0 Å². The Morgan fingerprint density at radius 3 is 2.90 bits per heavy atom. The van der Waals surface area contributed by atoms with E-state index in [0.717, 1.165) is 0 Å². The fraction of sp³-hybridized carbons (Fsp3) is 0.0625. The number of benzene rings is 1. The lowest BCUT2D eigenvalue weighted by Crippen LogP contribution is -1.93. The molecule has 1 aromatic carbocycles. The van der Waals surface area contributed by atoms with Gasteiger partial charge in [-0.15, -0.1) is 0 Å². The highest BCUT2D eigenvalue weighted by atomic mass is 16.5. The average molecular weight is 276 g/mol. The smallest absolute Gasteiger partial charge is 0.163 e. The number of ether oxygens (including phenoxy) is 1. The fourth-order valence-electron chi connectivity index (χ4n) is 1.49. The Morgan fingerprint density at radius 2 is 2.19 bits per heavy atom. The van der Waals surface area contributed by atoms with Crippen molar-refractivity contribution >= 4 is 17.5 Å². The maximum atomic E-state index is 8.90. The van der Waals surface area contributed by atoms with Gasteiger partial charge in [-0.25, -0.2) is 4.98 Å². The fourth-order valence-corrected chi connectivity index (χ4v) is 1.49. The monoisotopic (exact) mass is 276 g/mol. The summed E-state index contributed by atoms with van der Waals surface area (Å²) in [7, 11) is 0. The summed E-state index contributed by atoms with van der Waals surface area (Å²) < 4.78 is 5.47. The van der Waals surface area contributed by atoms with Crippen molar-refractivity contribution in [1.29, 1.82) is 5.26 Å². The molecule has 0 spiro atoms. The highest BCUT2D eigenvalue weighted by molar-refractivity contribution is 5.62. The van der Waals surface area contributed by atoms with Crippen LogP contribution in [0.3, 0.4) is 0 Å². The SMILES string of the molecule is C=CCOc1cc(C#N)ccc1N=C=Nc1ccccn1. The van der Waals surface area contributed by atoms with Gasteiger partial charge in [0, 0.05) is 12.3 Å². The first-order valence-electron chi connectivity index (χ1n) is 6.19. The van der Waals surface area contributed by atoms with Gasteiger partial charge in [0.15, 0.2) is 5.82 Å². The van der Waals surface area contributed by atoms with Crippen LogP contribution in [0.2, 0.25) is 0 Å². The van der Waals surface area contributed by atoms with Gasteiger partial charge in [0.1, 0.15) is 24.1 Å².